The fraction of sp³-hybridized carbons (Fsp3) is 0.500. The van der Waals surface area contributed by atoms with Crippen molar-refractivity contribution in [3.63, 3.8) is 0 Å². The number of carbonyl (C=O) groups is 1. The maximum absolute atomic E-state index is 11.9. The number of hydrazine groups is 1. The van der Waals surface area contributed by atoms with Gasteiger partial charge in [0.25, 0.3) is 5.91 Å². The number of hydrogen-bond acceptors (Lipinski definition) is 5. The zero-order valence-electron chi connectivity index (χ0n) is 10.1. The summed E-state index contributed by atoms with van der Waals surface area (Å²) < 4.78 is 0. The lowest BCUT2D eigenvalue weighted by atomic mass is 9.93. The van der Waals surface area contributed by atoms with Gasteiger partial charge in [-0.3, -0.25) is 4.79 Å². The number of rotatable bonds is 3. The summed E-state index contributed by atoms with van der Waals surface area (Å²) >= 11 is 0. The molecule has 0 unspecified atom stereocenters. The number of nitrogens with two attached hydrogens (primary N) is 1. The molecule has 1 saturated carbocycles. The predicted molar refractivity (Wildman–Crippen MR) is 67.8 cm³/mol. The van der Waals surface area contributed by atoms with Crippen LogP contribution in [0.4, 0.5) is 5.82 Å². The third-order valence-electron chi connectivity index (χ3n) is 3.21. The second kappa shape index (κ2) is 5.79. The first kappa shape index (κ1) is 12.8. The monoisotopic (exact) mass is 250 g/mol. The average Bonchev–Trinajstić information content (AvgIpc) is 2.41. The van der Waals surface area contributed by atoms with E-state index < -0.39 is 0 Å². The summed E-state index contributed by atoms with van der Waals surface area (Å²) in [5, 5.41) is 12.3. The molecule has 1 aromatic rings. The molecule has 1 heterocycles. The lowest BCUT2D eigenvalue weighted by molar-refractivity contribution is 0.0867. The van der Waals surface area contributed by atoms with Crippen LogP contribution < -0.4 is 16.6 Å². The van der Waals surface area contributed by atoms with Crippen LogP contribution in [0.1, 0.15) is 36.0 Å². The number of nitrogens with zero attached hydrogens (tertiary/aromatic N) is 1. The molecule has 6 nitrogen and oxygen atoms in total. The van der Waals surface area contributed by atoms with E-state index in [4.69, 9.17) is 5.84 Å². The molecule has 1 aliphatic carbocycles. The van der Waals surface area contributed by atoms with Crippen LogP contribution in [-0.2, 0) is 0 Å². The normalized spacial score (nSPS) is 23.4. The number of aliphatic hydroxyl groups is 1. The second-order valence-corrected chi connectivity index (χ2v) is 4.56. The highest BCUT2D eigenvalue weighted by atomic mass is 16.3. The number of aromatic nitrogens is 1. The molecule has 18 heavy (non-hydrogen) atoms. The number of aliphatic hydroxyl groups excluding tert-OH is 1. The van der Waals surface area contributed by atoms with E-state index in [2.05, 4.69) is 15.7 Å². The highest BCUT2D eigenvalue weighted by Crippen LogP contribution is 2.18. The Labute approximate surface area is 106 Å². The Bertz CT molecular complexity index is 399. The van der Waals surface area contributed by atoms with Crippen LogP contribution in [0.15, 0.2) is 18.3 Å². The van der Waals surface area contributed by atoms with Crippen molar-refractivity contribution in [1.29, 1.82) is 0 Å². The van der Waals surface area contributed by atoms with E-state index in [9.17, 15) is 9.90 Å². The van der Waals surface area contributed by atoms with Gasteiger partial charge >= 0.3 is 0 Å². The van der Waals surface area contributed by atoms with Crippen LogP contribution in [0.3, 0.4) is 0 Å². The third-order valence-corrected chi connectivity index (χ3v) is 3.21. The van der Waals surface area contributed by atoms with E-state index in [1.807, 2.05) is 0 Å². The van der Waals surface area contributed by atoms with E-state index in [-0.39, 0.29) is 18.1 Å². The average molecular weight is 250 g/mol. The summed E-state index contributed by atoms with van der Waals surface area (Å²) in [6.45, 7) is 0. The Hall–Kier alpha value is -1.66. The van der Waals surface area contributed by atoms with Crippen LogP contribution in [0, 0.1) is 0 Å². The molecule has 0 aromatic carbocycles. The molecule has 5 N–H and O–H groups in total. The first-order valence-corrected chi connectivity index (χ1v) is 6.10. The van der Waals surface area contributed by atoms with Crippen molar-refractivity contribution in [2.45, 2.75) is 37.8 Å². The first-order chi connectivity index (χ1) is 8.69. The van der Waals surface area contributed by atoms with E-state index in [0.717, 1.165) is 25.7 Å². The summed E-state index contributed by atoms with van der Waals surface area (Å²) in [5.41, 5.74) is 2.92. The second-order valence-electron chi connectivity index (χ2n) is 4.56. The van der Waals surface area contributed by atoms with Crippen molar-refractivity contribution < 1.29 is 9.90 Å². The minimum Gasteiger partial charge on any atom is -0.393 e. The van der Waals surface area contributed by atoms with Gasteiger partial charge in [-0.25, -0.2) is 10.8 Å². The number of anilines is 1. The summed E-state index contributed by atoms with van der Waals surface area (Å²) in [6, 6.07) is 3.47. The fourth-order valence-corrected chi connectivity index (χ4v) is 2.10. The van der Waals surface area contributed by atoms with Crippen molar-refractivity contribution in [2.75, 3.05) is 5.43 Å². The largest absolute Gasteiger partial charge is 0.393 e. The van der Waals surface area contributed by atoms with Crippen molar-refractivity contribution >= 4 is 11.7 Å². The summed E-state index contributed by atoms with van der Waals surface area (Å²) in [7, 11) is 0. The predicted octanol–water partition coefficient (Wildman–Crippen LogP) is 0.400. The van der Waals surface area contributed by atoms with Gasteiger partial charge in [0.2, 0.25) is 0 Å². The van der Waals surface area contributed by atoms with Gasteiger partial charge in [-0.1, -0.05) is 0 Å². The van der Waals surface area contributed by atoms with E-state index >= 15 is 0 Å². The van der Waals surface area contributed by atoms with E-state index in [0.29, 0.717) is 11.4 Å². The van der Waals surface area contributed by atoms with Gasteiger partial charge in [0.05, 0.1) is 11.7 Å². The molecule has 2 rings (SSSR count). The van der Waals surface area contributed by atoms with Gasteiger partial charge in [0, 0.05) is 12.2 Å². The lowest BCUT2D eigenvalue weighted by Crippen LogP contribution is -2.38. The highest BCUT2D eigenvalue weighted by molar-refractivity contribution is 5.94. The molecule has 0 spiro atoms. The number of hydrogen-bond donors (Lipinski definition) is 4. The number of pyridine rings is 1. The maximum atomic E-state index is 11.9. The van der Waals surface area contributed by atoms with Crippen molar-refractivity contribution in [1.82, 2.24) is 10.3 Å². The Morgan fingerprint density at radius 3 is 2.61 bits per heavy atom. The van der Waals surface area contributed by atoms with Gasteiger partial charge in [0.1, 0.15) is 5.82 Å². The van der Waals surface area contributed by atoms with Crippen LogP contribution >= 0.6 is 0 Å². The van der Waals surface area contributed by atoms with E-state index in [1.54, 1.807) is 12.1 Å². The zero-order chi connectivity index (χ0) is 13.0. The Kier molecular flexibility index (Phi) is 4.11. The van der Waals surface area contributed by atoms with Gasteiger partial charge < -0.3 is 15.8 Å². The number of nitrogens with one attached hydrogen (secondary N) is 2. The molecule has 1 aliphatic rings. The van der Waals surface area contributed by atoms with Crippen molar-refractivity contribution in [2.24, 2.45) is 5.84 Å². The molecule has 0 aliphatic heterocycles. The van der Waals surface area contributed by atoms with Gasteiger partial charge in [-0.15, -0.1) is 0 Å². The summed E-state index contributed by atoms with van der Waals surface area (Å²) in [6.07, 6.45) is 4.42. The minimum atomic E-state index is -0.213. The fourth-order valence-electron chi connectivity index (χ4n) is 2.10. The van der Waals surface area contributed by atoms with Crippen LogP contribution in [0.2, 0.25) is 0 Å². The van der Waals surface area contributed by atoms with Crippen molar-refractivity contribution in [3.8, 4) is 0 Å². The molecule has 0 bridgehead atoms. The molecular formula is C12H18N4O2. The standard InChI is InChI=1S/C12H18N4O2/c13-16-11-6-1-8(7-14-11)12(18)15-9-2-4-10(17)5-3-9/h1,6-7,9-10,17H,2-5,13H2,(H,14,16)(H,15,18). The maximum Gasteiger partial charge on any atom is 0.253 e. The molecule has 98 valence electrons. The first-order valence-electron chi connectivity index (χ1n) is 6.10. The number of amides is 1. The Morgan fingerprint density at radius 1 is 1.33 bits per heavy atom. The van der Waals surface area contributed by atoms with Crippen LogP contribution in [0.5, 0.6) is 0 Å². The van der Waals surface area contributed by atoms with Crippen LogP contribution in [0.25, 0.3) is 0 Å². The molecule has 6 heteroatoms. The SMILES string of the molecule is NNc1ccc(C(=O)NC2CCC(O)CC2)cn1. The van der Waals surface area contributed by atoms with Gasteiger partial charge in [0.15, 0.2) is 0 Å². The van der Waals surface area contributed by atoms with E-state index in [1.165, 1.54) is 6.20 Å². The molecule has 1 amide bonds. The van der Waals surface area contributed by atoms with Gasteiger partial charge in [-0.05, 0) is 37.8 Å². The Morgan fingerprint density at radius 2 is 2.06 bits per heavy atom. The highest BCUT2D eigenvalue weighted by Gasteiger charge is 2.21. The van der Waals surface area contributed by atoms with Crippen molar-refractivity contribution in [3.05, 3.63) is 23.9 Å². The minimum absolute atomic E-state index is 0.132. The third kappa shape index (κ3) is 3.18. The summed E-state index contributed by atoms with van der Waals surface area (Å²) in [4.78, 5) is 15.9. The lowest BCUT2D eigenvalue weighted by Gasteiger charge is -2.26. The zero-order valence-corrected chi connectivity index (χ0v) is 10.1. The molecule has 0 saturated heterocycles. The number of carbonyl (C=O) groups excluding carboxylic acids is 1. The van der Waals surface area contributed by atoms with Gasteiger partial charge in [-0.2, -0.15) is 0 Å². The molecule has 1 aromatic heterocycles. The molecule has 0 radical (unpaired) electrons. The van der Waals surface area contributed by atoms with Crippen LogP contribution in [-0.4, -0.2) is 28.1 Å². The topological polar surface area (TPSA) is 100 Å². The molecule has 1 fully saturated rings. The summed E-state index contributed by atoms with van der Waals surface area (Å²) in [5.74, 6) is 5.59. The Balaban J connectivity index is 1.90. The smallest absolute Gasteiger partial charge is 0.253 e. The molecule has 0 atom stereocenters. The molecular weight excluding hydrogens is 232 g/mol. The number of nitrogen functional groups attached to an aromatic ring is 1. The quantitative estimate of drug-likeness (QED) is 0.459.